The van der Waals surface area contributed by atoms with Crippen molar-refractivity contribution in [3.05, 3.63) is 53.4 Å². The second kappa shape index (κ2) is 6.33. The van der Waals surface area contributed by atoms with E-state index in [0.29, 0.717) is 0 Å². The van der Waals surface area contributed by atoms with Crippen molar-refractivity contribution in [3.63, 3.8) is 0 Å². The first-order valence-corrected chi connectivity index (χ1v) is 14.1. The first kappa shape index (κ1) is 15.4. The summed E-state index contributed by atoms with van der Waals surface area (Å²) < 4.78 is 2.39. The van der Waals surface area contributed by atoms with Gasteiger partial charge in [0, 0.05) is 0 Å². The molecule has 1 aromatic heterocycles. The fraction of sp³-hybridized carbons (Fsp3) is 0.300. The van der Waals surface area contributed by atoms with Crippen LogP contribution in [0.4, 0.5) is 0 Å². The second-order valence-corrected chi connectivity index (χ2v) is 17.0. The first-order chi connectivity index (χ1) is 10.7. The van der Waals surface area contributed by atoms with Crippen LogP contribution in [0.25, 0.3) is 28.0 Å². The summed E-state index contributed by atoms with van der Waals surface area (Å²) in [5.74, 6) is 0. The number of hydrogen-bond acceptors (Lipinski definition) is 0. The number of hydrogen-bond donors (Lipinski definition) is 0. The van der Waals surface area contributed by atoms with Crippen LogP contribution >= 0.6 is 0 Å². The van der Waals surface area contributed by atoms with Gasteiger partial charge < -0.3 is 0 Å². The van der Waals surface area contributed by atoms with Crippen molar-refractivity contribution in [1.29, 1.82) is 0 Å². The van der Waals surface area contributed by atoms with Crippen LogP contribution in [0, 0.1) is 0 Å². The van der Waals surface area contributed by atoms with E-state index < -0.39 is 13.3 Å². The van der Waals surface area contributed by atoms with E-state index in [-0.39, 0.29) is 0 Å². The molecule has 1 heterocycles. The van der Waals surface area contributed by atoms with Crippen molar-refractivity contribution in [2.75, 3.05) is 0 Å². The van der Waals surface area contributed by atoms with Crippen LogP contribution in [0.5, 0.6) is 0 Å². The second-order valence-electron chi connectivity index (χ2n) is 6.14. The molecule has 0 saturated carbocycles. The fourth-order valence-electron chi connectivity index (χ4n) is 3.45. The van der Waals surface area contributed by atoms with Gasteiger partial charge in [0.25, 0.3) is 0 Å². The van der Waals surface area contributed by atoms with Gasteiger partial charge in [-0.2, -0.15) is 0 Å². The van der Waals surface area contributed by atoms with Gasteiger partial charge >= 0.3 is 136 Å². The molecule has 0 unspecified atom stereocenters. The number of fused-ring (bicyclic) bond motifs is 3. The number of benzene rings is 2. The van der Waals surface area contributed by atoms with Gasteiger partial charge in [0.05, 0.1) is 0 Å². The molecule has 0 spiro atoms. The summed E-state index contributed by atoms with van der Waals surface area (Å²) in [5, 5.41) is 6.83. The third-order valence-corrected chi connectivity index (χ3v) is 16.0. The number of aromatic nitrogens is 1. The molecule has 114 valence electrons. The van der Waals surface area contributed by atoms with E-state index in [1.807, 2.05) is 0 Å². The van der Waals surface area contributed by atoms with Gasteiger partial charge in [-0.25, -0.2) is 0 Å². The van der Waals surface area contributed by atoms with Crippen LogP contribution in [-0.2, 0) is 0 Å². The van der Waals surface area contributed by atoms with Gasteiger partial charge in [-0.3, -0.25) is 0 Å². The topological polar surface area (TPSA) is 4.93 Å². The maximum absolute atomic E-state index is 2.61. The van der Waals surface area contributed by atoms with Gasteiger partial charge in [-0.15, -0.1) is 0 Å². The van der Waals surface area contributed by atoms with Crippen molar-refractivity contribution in [1.82, 2.24) is 4.57 Å². The summed E-state index contributed by atoms with van der Waals surface area (Å²) in [7, 11) is 0. The normalized spacial score (nSPS) is 12.7. The zero-order chi connectivity index (χ0) is 15.6. The number of rotatable bonds is 5. The van der Waals surface area contributed by atoms with Gasteiger partial charge in [-0.1, -0.05) is 0 Å². The molecule has 0 bridgehead atoms. The van der Waals surface area contributed by atoms with E-state index in [1.165, 1.54) is 37.6 Å². The van der Waals surface area contributed by atoms with Crippen molar-refractivity contribution in [2.45, 2.75) is 36.5 Å². The Morgan fingerprint density at radius 1 is 0.773 bits per heavy atom. The van der Waals surface area contributed by atoms with E-state index in [9.17, 15) is 0 Å². The molecule has 3 rings (SSSR count). The number of para-hydroxylation sites is 2. The molecule has 2 aromatic carbocycles. The molecule has 0 fully saturated rings. The van der Waals surface area contributed by atoms with Gasteiger partial charge in [0.15, 0.2) is 0 Å². The van der Waals surface area contributed by atoms with Crippen molar-refractivity contribution in [3.8, 4) is 0 Å². The molecule has 0 saturated heterocycles. The van der Waals surface area contributed by atoms with Crippen LogP contribution in [0.3, 0.4) is 0 Å². The molecule has 0 aliphatic heterocycles. The molecule has 0 aliphatic rings. The van der Waals surface area contributed by atoms with Crippen LogP contribution in [0.15, 0.2) is 53.4 Å². The van der Waals surface area contributed by atoms with Gasteiger partial charge in [0.1, 0.15) is 0 Å². The summed E-state index contributed by atoms with van der Waals surface area (Å²) in [6, 6.07) is 17.5. The molecule has 0 atom stereocenters. The average Bonchev–Trinajstić information content (AvgIpc) is 2.91. The Kier molecular flexibility index (Phi) is 4.44. The van der Waals surface area contributed by atoms with Crippen LogP contribution in [0.2, 0.25) is 15.8 Å². The Balaban J connectivity index is 2.21. The summed E-state index contributed by atoms with van der Waals surface area (Å²) >= 11 is -1.80. The van der Waals surface area contributed by atoms with Crippen LogP contribution in [0.1, 0.15) is 20.8 Å². The SMILES string of the molecule is C[CH2][Ge](/[CH]=C/n1c2ccccc2c2ccccc21)([CH2]C)[CH2]C. The Morgan fingerprint density at radius 3 is 1.68 bits per heavy atom. The molecule has 1 nitrogen and oxygen atoms in total. The molecule has 0 amide bonds. The van der Waals surface area contributed by atoms with E-state index in [0.717, 1.165) is 0 Å². The first-order valence-electron chi connectivity index (χ1n) is 8.41. The summed E-state index contributed by atoms with van der Waals surface area (Å²) in [6.45, 7) is 7.13. The molecule has 3 aromatic rings. The maximum atomic E-state index is 2.61. The quantitative estimate of drug-likeness (QED) is 0.474. The molecule has 22 heavy (non-hydrogen) atoms. The van der Waals surface area contributed by atoms with E-state index >= 15 is 0 Å². The standard InChI is InChI=1S/C20H25GeN/c1-4-21(5-2,6-3)15-16-22-19-13-9-7-11-17(19)18-12-8-10-14-20(18)22/h7-16H,4-6H2,1-3H3/b16-15+. The zero-order valence-electron chi connectivity index (χ0n) is 13.8. The summed E-state index contributed by atoms with van der Waals surface area (Å²) in [6.07, 6.45) is 2.38. The average molecular weight is 352 g/mol. The minimum atomic E-state index is -1.80. The third-order valence-electron chi connectivity index (χ3n) is 5.31. The van der Waals surface area contributed by atoms with Gasteiger partial charge in [0.2, 0.25) is 0 Å². The Labute approximate surface area is 136 Å². The van der Waals surface area contributed by atoms with Gasteiger partial charge in [-0.05, 0) is 0 Å². The Morgan fingerprint density at radius 2 is 1.23 bits per heavy atom. The fourth-order valence-corrected chi connectivity index (χ4v) is 9.06. The molecule has 2 heteroatoms. The monoisotopic (exact) mass is 353 g/mol. The van der Waals surface area contributed by atoms with E-state index in [4.69, 9.17) is 0 Å². The molecular formula is C20H25GeN. The van der Waals surface area contributed by atoms with Crippen molar-refractivity contribution >= 4 is 41.3 Å². The summed E-state index contributed by atoms with van der Waals surface area (Å²) in [4.78, 5) is 2.61. The minimum absolute atomic E-state index is 1.32. The van der Waals surface area contributed by atoms with Crippen molar-refractivity contribution < 1.29 is 0 Å². The van der Waals surface area contributed by atoms with Crippen molar-refractivity contribution in [2.24, 2.45) is 0 Å². The third kappa shape index (κ3) is 2.52. The van der Waals surface area contributed by atoms with Crippen LogP contribution < -0.4 is 0 Å². The van der Waals surface area contributed by atoms with Crippen LogP contribution in [-0.4, -0.2) is 17.8 Å². The predicted octanol–water partition coefficient (Wildman–Crippen LogP) is 6.31. The Bertz CT molecular complexity index is 747. The van der Waals surface area contributed by atoms with E-state index in [2.05, 4.69) is 85.0 Å². The molecular weight excluding hydrogens is 327 g/mol. The molecule has 0 aliphatic carbocycles. The molecule has 0 N–H and O–H groups in total. The zero-order valence-corrected chi connectivity index (χ0v) is 15.9. The number of nitrogens with zero attached hydrogens (tertiary/aromatic N) is 1. The predicted molar refractivity (Wildman–Crippen MR) is 102 cm³/mol. The summed E-state index contributed by atoms with van der Waals surface area (Å²) in [5.41, 5.74) is 2.64. The molecule has 0 radical (unpaired) electrons. The van der Waals surface area contributed by atoms with E-state index in [1.54, 1.807) is 0 Å². The Hall–Kier alpha value is -1.48.